The van der Waals surface area contributed by atoms with Gasteiger partial charge in [-0.15, -0.1) is 0 Å². The molecule has 2 rings (SSSR count). The summed E-state index contributed by atoms with van der Waals surface area (Å²) in [6, 6.07) is 6.39. The van der Waals surface area contributed by atoms with E-state index in [1.807, 2.05) is 0 Å². The van der Waals surface area contributed by atoms with E-state index in [1.54, 1.807) is 0 Å². The van der Waals surface area contributed by atoms with E-state index >= 15 is 0 Å². The minimum Gasteiger partial charge on any atom is -0.398 e. The number of halogens is 2. The molecule has 0 aliphatic rings. The largest absolute Gasteiger partial charge is 0.398 e. The van der Waals surface area contributed by atoms with Gasteiger partial charge in [0.15, 0.2) is 0 Å². The minimum absolute atomic E-state index is 0.0132. The molecule has 2 aromatic carbocycles. The summed E-state index contributed by atoms with van der Waals surface area (Å²) in [5, 5.41) is 10.7. The maximum Gasteiger partial charge on any atom is 0.272 e. The molecule has 0 amide bonds. The van der Waals surface area contributed by atoms with Crippen LogP contribution in [0.1, 0.15) is 5.56 Å². The van der Waals surface area contributed by atoms with E-state index in [1.165, 1.54) is 6.07 Å². The summed E-state index contributed by atoms with van der Waals surface area (Å²) in [6.45, 7) is 0. The van der Waals surface area contributed by atoms with Gasteiger partial charge in [-0.2, -0.15) is 0 Å². The first-order valence-electron chi connectivity index (χ1n) is 5.74. The number of non-ortho nitro benzene ring substituents is 1. The summed E-state index contributed by atoms with van der Waals surface area (Å²) in [5.41, 5.74) is 5.36. The molecule has 21 heavy (non-hydrogen) atoms. The first-order chi connectivity index (χ1) is 9.86. The Balaban J connectivity index is 2.29. The monoisotopic (exact) mass is 312 g/mol. The van der Waals surface area contributed by atoms with Gasteiger partial charge in [-0.05, 0) is 29.8 Å². The molecule has 0 fully saturated rings. The number of anilines is 1. The SMILES string of the molecule is Nc1cc(F)ccc1S(=O)Cc1cc(F)cc([N+](=O)[O-])c1. The van der Waals surface area contributed by atoms with Crippen molar-refractivity contribution in [2.75, 3.05) is 5.73 Å². The van der Waals surface area contributed by atoms with Gasteiger partial charge >= 0.3 is 0 Å². The lowest BCUT2D eigenvalue weighted by Crippen LogP contribution is -2.02. The highest BCUT2D eigenvalue weighted by Gasteiger charge is 2.14. The van der Waals surface area contributed by atoms with Crippen LogP contribution in [0, 0.1) is 21.7 Å². The zero-order valence-corrected chi connectivity index (χ0v) is 11.4. The summed E-state index contributed by atoms with van der Waals surface area (Å²) >= 11 is 0. The molecule has 0 bridgehead atoms. The van der Waals surface area contributed by atoms with Crippen LogP contribution in [0.15, 0.2) is 41.3 Å². The van der Waals surface area contributed by atoms with Crippen molar-refractivity contribution in [1.82, 2.24) is 0 Å². The number of nitrogens with two attached hydrogens (primary N) is 1. The first kappa shape index (κ1) is 15.0. The van der Waals surface area contributed by atoms with Crippen molar-refractivity contribution in [2.24, 2.45) is 0 Å². The van der Waals surface area contributed by atoms with Crippen LogP contribution in [0.4, 0.5) is 20.2 Å². The molecule has 2 N–H and O–H groups in total. The van der Waals surface area contributed by atoms with E-state index in [0.29, 0.717) is 0 Å². The van der Waals surface area contributed by atoms with Crippen molar-refractivity contribution in [3.63, 3.8) is 0 Å². The molecule has 0 aromatic heterocycles. The fourth-order valence-electron chi connectivity index (χ4n) is 1.78. The molecule has 1 atom stereocenters. The van der Waals surface area contributed by atoms with Crippen LogP contribution in [0.2, 0.25) is 0 Å². The minimum atomic E-state index is -1.66. The van der Waals surface area contributed by atoms with E-state index in [2.05, 4.69) is 0 Å². The lowest BCUT2D eigenvalue weighted by Gasteiger charge is -2.06. The molecule has 1 unspecified atom stereocenters. The number of hydrogen-bond acceptors (Lipinski definition) is 4. The van der Waals surface area contributed by atoms with E-state index in [9.17, 15) is 23.1 Å². The van der Waals surface area contributed by atoms with Crippen molar-refractivity contribution in [3.05, 3.63) is 63.7 Å². The van der Waals surface area contributed by atoms with Crippen LogP contribution in [-0.2, 0) is 16.6 Å². The molecule has 0 aliphatic heterocycles. The number of nitrogen functional groups attached to an aromatic ring is 1. The molecule has 110 valence electrons. The Morgan fingerprint density at radius 3 is 2.48 bits per heavy atom. The Morgan fingerprint density at radius 1 is 1.14 bits per heavy atom. The maximum atomic E-state index is 13.3. The third kappa shape index (κ3) is 3.60. The van der Waals surface area contributed by atoms with Gasteiger partial charge in [0.25, 0.3) is 5.69 Å². The lowest BCUT2D eigenvalue weighted by atomic mass is 10.2. The summed E-state index contributed by atoms with van der Waals surface area (Å²) in [4.78, 5) is 10.1. The molecule has 0 saturated carbocycles. The second kappa shape index (κ2) is 5.96. The Hall–Kier alpha value is -2.35. The van der Waals surface area contributed by atoms with Gasteiger partial charge in [0.05, 0.1) is 38.1 Å². The van der Waals surface area contributed by atoms with E-state index in [-0.39, 0.29) is 21.9 Å². The zero-order chi connectivity index (χ0) is 15.6. The third-order valence-electron chi connectivity index (χ3n) is 2.67. The average molecular weight is 312 g/mol. The predicted octanol–water partition coefficient (Wildman–Crippen LogP) is 2.76. The van der Waals surface area contributed by atoms with Crippen LogP contribution >= 0.6 is 0 Å². The Bertz CT molecular complexity index is 737. The van der Waals surface area contributed by atoms with E-state index in [0.717, 1.165) is 30.3 Å². The first-order valence-corrected chi connectivity index (χ1v) is 7.06. The highest BCUT2D eigenvalue weighted by atomic mass is 32.2. The summed E-state index contributed by atoms with van der Waals surface area (Å²) < 4.78 is 38.4. The average Bonchev–Trinajstić information content (AvgIpc) is 2.37. The topological polar surface area (TPSA) is 86.2 Å². The molecule has 8 heteroatoms. The van der Waals surface area contributed by atoms with Gasteiger partial charge in [-0.25, -0.2) is 8.78 Å². The number of nitro benzene ring substituents is 1. The number of nitrogens with zero attached hydrogens (tertiary/aromatic N) is 1. The number of rotatable bonds is 4. The predicted molar refractivity (Wildman–Crippen MR) is 74.0 cm³/mol. The quantitative estimate of drug-likeness (QED) is 0.534. The molecule has 0 heterocycles. The van der Waals surface area contributed by atoms with Crippen molar-refractivity contribution in [3.8, 4) is 0 Å². The van der Waals surface area contributed by atoms with Gasteiger partial charge in [0, 0.05) is 6.07 Å². The molecule has 0 aliphatic carbocycles. The second-order valence-corrected chi connectivity index (χ2v) is 5.67. The van der Waals surface area contributed by atoms with Crippen LogP contribution in [0.25, 0.3) is 0 Å². The summed E-state index contributed by atoms with van der Waals surface area (Å²) in [7, 11) is -1.66. The van der Waals surface area contributed by atoms with E-state index < -0.39 is 33.0 Å². The van der Waals surface area contributed by atoms with Crippen LogP contribution in [0.3, 0.4) is 0 Å². The Labute approximate surface area is 121 Å². The highest BCUT2D eigenvalue weighted by Crippen LogP contribution is 2.23. The standard InChI is InChI=1S/C13H10F2N2O3S/c14-9-1-2-13(12(16)6-9)21(20)7-8-3-10(15)5-11(4-8)17(18)19/h1-6H,7,16H2. The van der Waals surface area contributed by atoms with Gasteiger partial charge in [0.2, 0.25) is 0 Å². The second-order valence-electron chi connectivity index (χ2n) is 4.25. The third-order valence-corrected chi connectivity index (χ3v) is 4.13. The molecule has 5 nitrogen and oxygen atoms in total. The molecule has 0 saturated heterocycles. The smallest absolute Gasteiger partial charge is 0.272 e. The fourth-order valence-corrected chi connectivity index (χ4v) is 2.94. The van der Waals surface area contributed by atoms with Crippen LogP contribution < -0.4 is 5.73 Å². The van der Waals surface area contributed by atoms with Crippen LogP contribution in [-0.4, -0.2) is 9.13 Å². The zero-order valence-electron chi connectivity index (χ0n) is 10.6. The van der Waals surface area contributed by atoms with E-state index in [4.69, 9.17) is 5.73 Å². The van der Waals surface area contributed by atoms with Gasteiger partial charge in [-0.1, -0.05) is 0 Å². The number of nitro groups is 1. The lowest BCUT2D eigenvalue weighted by molar-refractivity contribution is -0.385. The number of benzene rings is 2. The molecular formula is C13H10F2N2O3S. The molecule has 2 aromatic rings. The van der Waals surface area contributed by atoms with Gasteiger partial charge < -0.3 is 5.73 Å². The summed E-state index contributed by atoms with van der Waals surface area (Å²) in [5.74, 6) is -1.51. The van der Waals surface area contributed by atoms with Crippen molar-refractivity contribution >= 4 is 22.2 Å². The number of hydrogen-bond donors (Lipinski definition) is 1. The highest BCUT2D eigenvalue weighted by molar-refractivity contribution is 7.84. The fraction of sp³-hybridized carbons (Fsp3) is 0.0769. The molecule has 0 spiro atoms. The van der Waals surface area contributed by atoms with Crippen molar-refractivity contribution < 1.29 is 17.9 Å². The van der Waals surface area contributed by atoms with Crippen molar-refractivity contribution in [1.29, 1.82) is 0 Å². The molecule has 0 radical (unpaired) electrons. The van der Waals surface area contributed by atoms with Gasteiger partial charge in [0.1, 0.15) is 11.6 Å². The normalized spacial score (nSPS) is 12.1. The Morgan fingerprint density at radius 2 is 1.86 bits per heavy atom. The van der Waals surface area contributed by atoms with Crippen LogP contribution in [0.5, 0.6) is 0 Å². The van der Waals surface area contributed by atoms with Gasteiger partial charge in [-0.3, -0.25) is 14.3 Å². The molecular weight excluding hydrogens is 302 g/mol. The Kier molecular flexibility index (Phi) is 4.27. The maximum absolute atomic E-state index is 13.3. The summed E-state index contributed by atoms with van der Waals surface area (Å²) in [6.07, 6.45) is 0. The van der Waals surface area contributed by atoms with Crippen molar-refractivity contribution in [2.45, 2.75) is 10.6 Å².